The van der Waals surface area contributed by atoms with Gasteiger partial charge in [-0.1, -0.05) is 6.92 Å². The molecule has 1 aliphatic carbocycles. The standard InChI is InChI=1S/C15H23N3OS/c1-4-20-13-6-5-11(9-13)17-12-7-8-16-14(10-12)15(19)18(2)3/h7-8,10-11,13H,4-6,9H2,1-3H3,(H,16,17). The summed E-state index contributed by atoms with van der Waals surface area (Å²) in [5.74, 6) is 1.13. The van der Waals surface area contributed by atoms with Crippen LogP contribution >= 0.6 is 11.8 Å². The highest BCUT2D eigenvalue weighted by atomic mass is 32.2. The Hall–Kier alpha value is -1.23. The van der Waals surface area contributed by atoms with E-state index >= 15 is 0 Å². The van der Waals surface area contributed by atoms with E-state index in [1.165, 1.54) is 25.0 Å². The summed E-state index contributed by atoms with van der Waals surface area (Å²) in [6.45, 7) is 2.22. The van der Waals surface area contributed by atoms with Gasteiger partial charge in [-0.25, -0.2) is 0 Å². The number of anilines is 1. The lowest BCUT2D eigenvalue weighted by Crippen LogP contribution is -2.23. The Labute approximate surface area is 125 Å². The van der Waals surface area contributed by atoms with E-state index in [4.69, 9.17) is 0 Å². The van der Waals surface area contributed by atoms with E-state index in [-0.39, 0.29) is 5.91 Å². The highest BCUT2D eigenvalue weighted by Gasteiger charge is 2.24. The van der Waals surface area contributed by atoms with Gasteiger partial charge in [0.25, 0.3) is 5.91 Å². The molecule has 20 heavy (non-hydrogen) atoms. The van der Waals surface area contributed by atoms with Crippen LogP contribution in [0, 0.1) is 0 Å². The molecule has 0 bridgehead atoms. The van der Waals surface area contributed by atoms with Crippen molar-refractivity contribution in [3.05, 3.63) is 24.0 Å². The van der Waals surface area contributed by atoms with Crippen molar-refractivity contribution in [1.82, 2.24) is 9.88 Å². The van der Waals surface area contributed by atoms with Crippen LogP contribution in [0.3, 0.4) is 0 Å². The lowest BCUT2D eigenvalue weighted by atomic mass is 10.2. The number of thioether (sulfide) groups is 1. The van der Waals surface area contributed by atoms with Gasteiger partial charge in [0, 0.05) is 37.3 Å². The summed E-state index contributed by atoms with van der Waals surface area (Å²) in [5.41, 5.74) is 1.50. The van der Waals surface area contributed by atoms with Gasteiger partial charge in [0.05, 0.1) is 0 Å². The molecular formula is C15H23N3OS. The van der Waals surface area contributed by atoms with Gasteiger partial charge >= 0.3 is 0 Å². The van der Waals surface area contributed by atoms with Crippen LogP contribution in [0.1, 0.15) is 36.7 Å². The molecule has 0 aliphatic heterocycles. The third kappa shape index (κ3) is 3.88. The van der Waals surface area contributed by atoms with Crippen LogP contribution < -0.4 is 5.32 Å². The lowest BCUT2D eigenvalue weighted by molar-refractivity contribution is 0.0822. The van der Waals surface area contributed by atoms with E-state index in [0.717, 1.165) is 10.9 Å². The smallest absolute Gasteiger partial charge is 0.272 e. The molecule has 0 radical (unpaired) electrons. The Morgan fingerprint density at radius 1 is 1.50 bits per heavy atom. The largest absolute Gasteiger partial charge is 0.382 e. The quantitative estimate of drug-likeness (QED) is 0.906. The molecule has 1 aromatic heterocycles. The average Bonchev–Trinajstić information content (AvgIpc) is 2.86. The van der Waals surface area contributed by atoms with E-state index in [0.29, 0.717) is 11.7 Å². The van der Waals surface area contributed by atoms with Gasteiger partial charge in [0.2, 0.25) is 0 Å². The van der Waals surface area contributed by atoms with Crippen molar-refractivity contribution in [2.45, 2.75) is 37.5 Å². The van der Waals surface area contributed by atoms with Gasteiger partial charge in [-0.2, -0.15) is 11.8 Å². The van der Waals surface area contributed by atoms with Crippen molar-refractivity contribution in [3.8, 4) is 0 Å². The maximum Gasteiger partial charge on any atom is 0.272 e. The number of hydrogen-bond acceptors (Lipinski definition) is 4. The highest BCUT2D eigenvalue weighted by Crippen LogP contribution is 2.31. The van der Waals surface area contributed by atoms with Crippen molar-refractivity contribution >= 4 is 23.4 Å². The second-order valence-corrected chi connectivity index (χ2v) is 6.94. The van der Waals surface area contributed by atoms with Crippen LogP contribution in [-0.2, 0) is 0 Å². The molecule has 4 nitrogen and oxygen atoms in total. The second-order valence-electron chi connectivity index (χ2n) is 5.36. The van der Waals surface area contributed by atoms with Crippen molar-refractivity contribution in [2.75, 3.05) is 25.2 Å². The Kier molecular flexibility index (Phi) is 5.29. The number of carbonyl (C=O) groups is 1. The molecule has 0 spiro atoms. The first-order valence-electron chi connectivity index (χ1n) is 7.16. The monoisotopic (exact) mass is 293 g/mol. The van der Waals surface area contributed by atoms with Gasteiger partial charge < -0.3 is 10.2 Å². The van der Waals surface area contributed by atoms with E-state index in [2.05, 4.69) is 29.0 Å². The number of rotatable bonds is 5. The molecule has 2 unspecified atom stereocenters. The van der Waals surface area contributed by atoms with Gasteiger partial charge in [0.1, 0.15) is 5.69 Å². The summed E-state index contributed by atoms with van der Waals surface area (Å²) in [4.78, 5) is 17.6. The molecule has 1 N–H and O–H groups in total. The number of hydrogen-bond donors (Lipinski definition) is 1. The minimum atomic E-state index is -0.0560. The number of amides is 1. The van der Waals surface area contributed by atoms with Crippen LogP contribution in [-0.4, -0.2) is 46.9 Å². The number of aromatic nitrogens is 1. The van der Waals surface area contributed by atoms with Crippen molar-refractivity contribution in [3.63, 3.8) is 0 Å². The van der Waals surface area contributed by atoms with E-state index in [1.54, 1.807) is 25.2 Å². The summed E-state index contributed by atoms with van der Waals surface area (Å²) >= 11 is 2.05. The zero-order chi connectivity index (χ0) is 14.5. The highest BCUT2D eigenvalue weighted by molar-refractivity contribution is 7.99. The van der Waals surface area contributed by atoms with Crippen LogP contribution in [0.4, 0.5) is 5.69 Å². The zero-order valence-electron chi connectivity index (χ0n) is 12.4. The first-order chi connectivity index (χ1) is 9.60. The number of nitrogens with zero attached hydrogens (tertiary/aromatic N) is 2. The first-order valence-corrected chi connectivity index (χ1v) is 8.21. The van der Waals surface area contributed by atoms with Crippen LogP contribution in [0.15, 0.2) is 18.3 Å². The fourth-order valence-electron chi connectivity index (χ4n) is 2.56. The molecular weight excluding hydrogens is 270 g/mol. The number of carbonyl (C=O) groups excluding carboxylic acids is 1. The lowest BCUT2D eigenvalue weighted by Gasteiger charge is -2.16. The first kappa shape index (κ1) is 15.2. The van der Waals surface area contributed by atoms with Gasteiger partial charge in [0.15, 0.2) is 0 Å². The van der Waals surface area contributed by atoms with Gasteiger partial charge in [-0.05, 0) is 37.1 Å². The fourth-order valence-corrected chi connectivity index (χ4v) is 3.70. The third-order valence-corrected chi connectivity index (χ3v) is 4.78. The van der Waals surface area contributed by atoms with Gasteiger partial charge in [-0.15, -0.1) is 0 Å². The molecule has 1 aliphatic rings. The topological polar surface area (TPSA) is 45.2 Å². The molecule has 110 valence electrons. The third-order valence-electron chi connectivity index (χ3n) is 3.54. The van der Waals surface area contributed by atoms with E-state index < -0.39 is 0 Å². The van der Waals surface area contributed by atoms with Crippen molar-refractivity contribution in [2.24, 2.45) is 0 Å². The Morgan fingerprint density at radius 2 is 2.30 bits per heavy atom. The summed E-state index contributed by atoms with van der Waals surface area (Å²) in [5, 5.41) is 4.32. The predicted octanol–water partition coefficient (Wildman–Crippen LogP) is 2.87. The van der Waals surface area contributed by atoms with Crippen LogP contribution in [0.2, 0.25) is 0 Å². The molecule has 2 rings (SSSR count). The molecule has 1 fully saturated rings. The Morgan fingerprint density at radius 3 is 3.00 bits per heavy atom. The van der Waals surface area contributed by atoms with Crippen LogP contribution in [0.5, 0.6) is 0 Å². The summed E-state index contributed by atoms with van der Waals surface area (Å²) in [7, 11) is 3.49. The maximum atomic E-state index is 11.9. The summed E-state index contributed by atoms with van der Waals surface area (Å²) in [6.07, 6.45) is 5.39. The summed E-state index contributed by atoms with van der Waals surface area (Å²) in [6, 6.07) is 4.30. The van der Waals surface area contributed by atoms with Crippen molar-refractivity contribution in [1.29, 1.82) is 0 Å². The number of nitrogens with one attached hydrogen (secondary N) is 1. The molecule has 2 atom stereocenters. The SMILES string of the molecule is CCSC1CCC(Nc2ccnc(C(=O)N(C)C)c2)C1. The zero-order valence-corrected chi connectivity index (χ0v) is 13.2. The minimum absolute atomic E-state index is 0.0560. The molecule has 0 aromatic carbocycles. The molecule has 5 heteroatoms. The minimum Gasteiger partial charge on any atom is -0.382 e. The number of pyridine rings is 1. The van der Waals surface area contributed by atoms with Crippen LogP contribution in [0.25, 0.3) is 0 Å². The van der Waals surface area contributed by atoms with E-state index in [1.807, 2.05) is 12.1 Å². The maximum absolute atomic E-state index is 11.9. The normalized spacial score (nSPS) is 21.8. The second kappa shape index (κ2) is 6.97. The van der Waals surface area contributed by atoms with Crippen molar-refractivity contribution < 1.29 is 4.79 Å². The fraction of sp³-hybridized carbons (Fsp3) is 0.600. The average molecular weight is 293 g/mol. The van der Waals surface area contributed by atoms with E-state index in [9.17, 15) is 4.79 Å². The predicted molar refractivity (Wildman–Crippen MR) is 85.4 cm³/mol. The molecule has 1 saturated carbocycles. The molecule has 1 amide bonds. The molecule has 0 saturated heterocycles. The summed E-state index contributed by atoms with van der Waals surface area (Å²) < 4.78 is 0. The molecule has 1 aromatic rings. The van der Waals surface area contributed by atoms with Gasteiger partial charge in [-0.3, -0.25) is 9.78 Å². The Balaban J connectivity index is 1.97. The Bertz CT molecular complexity index is 464. The molecule has 1 heterocycles.